The minimum absolute atomic E-state index is 0.289. The molecule has 1 aromatic carbocycles. The van der Waals surface area contributed by atoms with Crippen LogP contribution in [0.4, 0.5) is 0 Å². The monoisotopic (exact) mass is 391 g/mol. The number of rotatable bonds is 3. The summed E-state index contributed by atoms with van der Waals surface area (Å²) in [6, 6.07) is 7.74. The molecule has 0 amide bonds. The molecule has 0 saturated heterocycles. The molecule has 0 bridgehead atoms. The summed E-state index contributed by atoms with van der Waals surface area (Å²) in [4.78, 5) is 18.3. The van der Waals surface area contributed by atoms with Crippen molar-refractivity contribution < 1.29 is 4.79 Å². The first-order valence-electron chi connectivity index (χ1n) is 7.62. The third-order valence-electron chi connectivity index (χ3n) is 4.11. The Kier molecular flexibility index (Phi) is 4.52. The Hall–Kier alpha value is -1.14. The van der Waals surface area contributed by atoms with Gasteiger partial charge in [-0.1, -0.05) is 23.7 Å². The molecule has 0 aliphatic heterocycles. The molecule has 0 unspecified atom stereocenters. The van der Waals surface area contributed by atoms with Crippen molar-refractivity contribution in [2.45, 2.75) is 23.5 Å². The maximum Gasteiger partial charge on any atom is 0.165 e. The zero-order chi connectivity index (χ0) is 16.7. The normalized spacial score (nSPS) is 14.0. The zero-order valence-corrected chi connectivity index (χ0v) is 16.2. The molecule has 0 saturated carbocycles. The van der Waals surface area contributed by atoms with Crippen LogP contribution in [0.15, 0.2) is 33.9 Å². The van der Waals surface area contributed by atoms with Gasteiger partial charge in [-0.25, -0.2) is 4.98 Å². The molecule has 122 valence electrons. The third-order valence-corrected chi connectivity index (χ3v) is 7.71. The first-order chi connectivity index (χ1) is 11.7. The minimum Gasteiger partial charge on any atom is -0.294 e. The largest absolute Gasteiger partial charge is 0.294 e. The smallest absolute Gasteiger partial charge is 0.165 e. The second kappa shape index (κ2) is 6.64. The molecular formula is C18H14ClNOS3. The standard InChI is InChI=1S/C18H14ClNOS3/c1-22-18-15-12(3-2-4-14(15)21)16(24-18)17-20-13(9-23-17)10-5-7-11(19)8-6-10/h5-9H,2-4H2,1H3. The summed E-state index contributed by atoms with van der Waals surface area (Å²) in [5.41, 5.74) is 4.18. The Morgan fingerprint density at radius 3 is 2.75 bits per heavy atom. The fourth-order valence-electron chi connectivity index (χ4n) is 2.96. The maximum atomic E-state index is 12.3. The lowest BCUT2D eigenvalue weighted by atomic mass is 9.93. The summed E-state index contributed by atoms with van der Waals surface area (Å²) in [5.74, 6) is 0.289. The van der Waals surface area contributed by atoms with Crippen molar-refractivity contribution in [3.05, 3.63) is 45.8 Å². The van der Waals surface area contributed by atoms with E-state index in [4.69, 9.17) is 16.6 Å². The molecule has 0 atom stereocenters. The van der Waals surface area contributed by atoms with E-state index in [0.717, 1.165) is 43.9 Å². The number of carbonyl (C=O) groups excluding carboxylic acids is 1. The summed E-state index contributed by atoms with van der Waals surface area (Å²) in [5, 5.41) is 3.81. The molecule has 1 aliphatic carbocycles. The van der Waals surface area contributed by atoms with Gasteiger partial charge in [-0.05, 0) is 36.8 Å². The molecule has 0 spiro atoms. The fourth-order valence-corrected chi connectivity index (χ4v) is 6.16. The number of nitrogens with zero attached hydrogens (tertiary/aromatic N) is 1. The summed E-state index contributed by atoms with van der Waals surface area (Å²) in [6.45, 7) is 0. The number of ketones is 1. The molecule has 2 nitrogen and oxygen atoms in total. The van der Waals surface area contributed by atoms with Gasteiger partial charge in [0, 0.05) is 28.0 Å². The molecule has 0 radical (unpaired) electrons. The zero-order valence-electron chi connectivity index (χ0n) is 13.0. The average Bonchev–Trinajstić information content (AvgIpc) is 3.20. The van der Waals surface area contributed by atoms with Crippen molar-refractivity contribution >= 4 is 51.8 Å². The Morgan fingerprint density at radius 1 is 1.21 bits per heavy atom. The quantitative estimate of drug-likeness (QED) is 0.481. The molecule has 2 heterocycles. The van der Waals surface area contributed by atoms with Gasteiger partial charge in [-0.3, -0.25) is 4.79 Å². The van der Waals surface area contributed by atoms with Crippen LogP contribution in [0.25, 0.3) is 21.1 Å². The van der Waals surface area contributed by atoms with Crippen LogP contribution in [0.5, 0.6) is 0 Å². The van der Waals surface area contributed by atoms with Crippen molar-refractivity contribution in [2.24, 2.45) is 0 Å². The highest BCUT2D eigenvalue weighted by Crippen LogP contribution is 2.45. The van der Waals surface area contributed by atoms with E-state index in [2.05, 4.69) is 5.38 Å². The van der Waals surface area contributed by atoms with Gasteiger partial charge in [0.05, 0.1) is 14.8 Å². The average molecular weight is 392 g/mol. The van der Waals surface area contributed by atoms with Crippen LogP contribution in [0.1, 0.15) is 28.8 Å². The predicted octanol–water partition coefficient (Wildman–Crippen LogP) is 6.43. The van der Waals surface area contributed by atoms with Crippen molar-refractivity contribution in [2.75, 3.05) is 6.26 Å². The highest BCUT2D eigenvalue weighted by atomic mass is 35.5. The van der Waals surface area contributed by atoms with E-state index in [1.807, 2.05) is 30.5 Å². The Labute approximate surface area is 157 Å². The second-order valence-electron chi connectivity index (χ2n) is 5.60. The van der Waals surface area contributed by atoms with Crippen molar-refractivity contribution in [3.63, 3.8) is 0 Å². The van der Waals surface area contributed by atoms with Gasteiger partial charge in [0.25, 0.3) is 0 Å². The maximum absolute atomic E-state index is 12.3. The number of thioether (sulfide) groups is 1. The summed E-state index contributed by atoms with van der Waals surface area (Å²) in [7, 11) is 0. The van der Waals surface area contributed by atoms with Crippen LogP contribution in [0.2, 0.25) is 5.02 Å². The first kappa shape index (κ1) is 16.3. The van der Waals surface area contributed by atoms with Gasteiger partial charge in [0.1, 0.15) is 5.01 Å². The summed E-state index contributed by atoms with van der Waals surface area (Å²) in [6.07, 6.45) is 4.63. The van der Waals surface area contributed by atoms with Crippen molar-refractivity contribution in [1.29, 1.82) is 0 Å². The topological polar surface area (TPSA) is 30.0 Å². The molecule has 2 aromatic heterocycles. The molecule has 1 aliphatic rings. The molecule has 0 N–H and O–H groups in total. The van der Waals surface area contributed by atoms with E-state index in [1.165, 1.54) is 10.4 Å². The number of fused-ring (bicyclic) bond motifs is 1. The summed E-state index contributed by atoms with van der Waals surface area (Å²) >= 11 is 11.0. The molecular weight excluding hydrogens is 378 g/mol. The Bertz CT molecular complexity index is 911. The first-order valence-corrected chi connectivity index (χ1v) is 10.9. The molecule has 3 aromatic rings. The third kappa shape index (κ3) is 2.84. The van der Waals surface area contributed by atoms with E-state index in [-0.39, 0.29) is 5.78 Å². The molecule has 24 heavy (non-hydrogen) atoms. The van der Waals surface area contributed by atoms with Crippen molar-refractivity contribution in [1.82, 2.24) is 4.98 Å². The lowest BCUT2D eigenvalue weighted by Gasteiger charge is -2.12. The van der Waals surface area contributed by atoms with E-state index < -0.39 is 0 Å². The Balaban J connectivity index is 1.78. The van der Waals surface area contributed by atoms with Gasteiger partial charge >= 0.3 is 0 Å². The predicted molar refractivity (Wildman–Crippen MR) is 105 cm³/mol. The van der Waals surface area contributed by atoms with Gasteiger partial charge in [0.2, 0.25) is 0 Å². The van der Waals surface area contributed by atoms with Crippen LogP contribution >= 0.6 is 46.0 Å². The lowest BCUT2D eigenvalue weighted by molar-refractivity contribution is 0.0970. The summed E-state index contributed by atoms with van der Waals surface area (Å²) < 4.78 is 1.13. The van der Waals surface area contributed by atoms with Crippen molar-refractivity contribution in [3.8, 4) is 21.1 Å². The number of aromatic nitrogens is 1. The fraction of sp³-hybridized carbons (Fsp3) is 0.222. The number of carbonyl (C=O) groups is 1. The number of hydrogen-bond acceptors (Lipinski definition) is 5. The van der Waals surface area contributed by atoms with Gasteiger partial charge in [0.15, 0.2) is 5.78 Å². The SMILES string of the molecule is CSc1sc(-c2nc(-c3ccc(Cl)cc3)cs2)c2c1C(=O)CCC2. The number of thiophene rings is 1. The van der Waals surface area contributed by atoms with Crippen LogP contribution in [0.3, 0.4) is 0 Å². The number of benzene rings is 1. The van der Waals surface area contributed by atoms with Crippen LogP contribution in [0, 0.1) is 0 Å². The molecule has 6 heteroatoms. The van der Waals surface area contributed by atoms with E-state index in [9.17, 15) is 4.79 Å². The number of thiazole rings is 1. The molecule has 0 fully saturated rings. The highest BCUT2D eigenvalue weighted by molar-refractivity contribution is 8.00. The lowest BCUT2D eigenvalue weighted by Crippen LogP contribution is -2.09. The van der Waals surface area contributed by atoms with E-state index in [1.54, 1.807) is 34.4 Å². The van der Waals surface area contributed by atoms with Gasteiger partial charge < -0.3 is 0 Å². The second-order valence-corrected chi connectivity index (χ2v) is 8.99. The minimum atomic E-state index is 0.289. The number of Topliss-reactive ketones (excluding diaryl/α,β-unsaturated/α-hetero) is 1. The van der Waals surface area contributed by atoms with Crippen LogP contribution in [-0.4, -0.2) is 17.0 Å². The van der Waals surface area contributed by atoms with Gasteiger partial charge in [-0.2, -0.15) is 0 Å². The van der Waals surface area contributed by atoms with E-state index >= 15 is 0 Å². The Morgan fingerprint density at radius 2 is 2.00 bits per heavy atom. The molecule has 4 rings (SSSR count). The number of halogens is 1. The van der Waals surface area contributed by atoms with E-state index in [0.29, 0.717) is 6.42 Å². The van der Waals surface area contributed by atoms with Gasteiger partial charge in [-0.15, -0.1) is 34.4 Å². The van der Waals surface area contributed by atoms with Crippen LogP contribution < -0.4 is 0 Å². The number of hydrogen-bond donors (Lipinski definition) is 0. The van der Waals surface area contributed by atoms with Crippen LogP contribution in [-0.2, 0) is 6.42 Å². The highest BCUT2D eigenvalue weighted by Gasteiger charge is 2.28.